The maximum Gasteiger partial charge on any atom is 0.335 e. The van der Waals surface area contributed by atoms with Crippen LogP contribution in [0.2, 0.25) is 0 Å². The summed E-state index contributed by atoms with van der Waals surface area (Å²) >= 11 is 0. The minimum Gasteiger partial charge on any atom is -0.478 e. The molecular weight excluding hydrogens is 200 g/mol. The van der Waals surface area contributed by atoms with Gasteiger partial charge in [0.2, 0.25) is 0 Å². The van der Waals surface area contributed by atoms with Crippen LogP contribution in [0.4, 0.5) is 0 Å². The summed E-state index contributed by atoms with van der Waals surface area (Å²) in [4.78, 5) is 10.9. The Kier molecular flexibility index (Phi) is 4.29. The SMILES string of the molecule is CC/C=C\C(C)c1cc(C)cc(C(=O)O)c1. The summed E-state index contributed by atoms with van der Waals surface area (Å²) < 4.78 is 0. The van der Waals surface area contributed by atoms with Gasteiger partial charge in [-0.2, -0.15) is 0 Å². The highest BCUT2D eigenvalue weighted by Crippen LogP contribution is 2.20. The van der Waals surface area contributed by atoms with Crippen molar-refractivity contribution < 1.29 is 9.90 Å². The van der Waals surface area contributed by atoms with Crippen LogP contribution in [-0.2, 0) is 0 Å². The summed E-state index contributed by atoms with van der Waals surface area (Å²) in [6.07, 6.45) is 5.22. The van der Waals surface area contributed by atoms with Crippen LogP contribution >= 0.6 is 0 Å². The number of aromatic carboxylic acids is 1. The summed E-state index contributed by atoms with van der Waals surface area (Å²) in [5.41, 5.74) is 2.42. The predicted molar refractivity (Wildman–Crippen MR) is 66.0 cm³/mol. The average molecular weight is 218 g/mol. The van der Waals surface area contributed by atoms with Crippen LogP contribution in [0.15, 0.2) is 30.4 Å². The molecule has 0 fully saturated rings. The molecule has 2 nitrogen and oxygen atoms in total. The normalized spacial score (nSPS) is 12.9. The van der Waals surface area contributed by atoms with E-state index >= 15 is 0 Å². The minimum absolute atomic E-state index is 0.262. The molecule has 86 valence electrons. The lowest BCUT2D eigenvalue weighted by Gasteiger charge is -2.09. The Hall–Kier alpha value is -1.57. The van der Waals surface area contributed by atoms with Gasteiger partial charge in [-0.3, -0.25) is 0 Å². The molecule has 0 amide bonds. The lowest BCUT2D eigenvalue weighted by Crippen LogP contribution is -2.00. The second kappa shape index (κ2) is 5.50. The third-order valence-corrected chi connectivity index (χ3v) is 2.53. The van der Waals surface area contributed by atoms with Crippen LogP contribution in [-0.4, -0.2) is 11.1 Å². The minimum atomic E-state index is -0.864. The Morgan fingerprint density at radius 1 is 1.44 bits per heavy atom. The van der Waals surface area contributed by atoms with Gasteiger partial charge in [0.05, 0.1) is 5.56 Å². The lowest BCUT2D eigenvalue weighted by atomic mass is 9.96. The van der Waals surface area contributed by atoms with Crippen molar-refractivity contribution in [2.45, 2.75) is 33.1 Å². The highest BCUT2D eigenvalue weighted by molar-refractivity contribution is 5.88. The van der Waals surface area contributed by atoms with Crippen LogP contribution in [0.5, 0.6) is 0 Å². The van der Waals surface area contributed by atoms with Crippen molar-refractivity contribution in [1.29, 1.82) is 0 Å². The fraction of sp³-hybridized carbons (Fsp3) is 0.357. The van der Waals surface area contributed by atoms with Crippen molar-refractivity contribution in [3.63, 3.8) is 0 Å². The van der Waals surface area contributed by atoms with Gasteiger partial charge in [-0.25, -0.2) is 4.79 Å². The number of benzene rings is 1. The van der Waals surface area contributed by atoms with E-state index < -0.39 is 5.97 Å². The second-order valence-electron chi connectivity index (χ2n) is 4.06. The molecule has 1 atom stereocenters. The van der Waals surface area contributed by atoms with Crippen LogP contribution in [0, 0.1) is 6.92 Å². The maximum atomic E-state index is 10.9. The van der Waals surface area contributed by atoms with Gasteiger partial charge < -0.3 is 5.11 Å². The van der Waals surface area contributed by atoms with Gasteiger partial charge in [-0.1, -0.05) is 32.1 Å². The summed E-state index contributed by atoms with van der Waals surface area (Å²) in [6.45, 7) is 6.08. The Balaban J connectivity index is 3.04. The van der Waals surface area contributed by atoms with Crippen LogP contribution in [0.1, 0.15) is 47.7 Å². The molecule has 0 saturated carbocycles. The zero-order valence-corrected chi connectivity index (χ0v) is 10.0. The molecule has 1 aromatic carbocycles. The van der Waals surface area contributed by atoms with E-state index in [2.05, 4.69) is 26.0 Å². The van der Waals surface area contributed by atoms with E-state index in [0.717, 1.165) is 17.5 Å². The first-order chi connectivity index (χ1) is 7.54. The Morgan fingerprint density at radius 3 is 2.69 bits per heavy atom. The van der Waals surface area contributed by atoms with E-state index in [-0.39, 0.29) is 5.92 Å². The summed E-state index contributed by atoms with van der Waals surface area (Å²) in [5.74, 6) is -0.602. The zero-order chi connectivity index (χ0) is 12.1. The zero-order valence-electron chi connectivity index (χ0n) is 10.0. The van der Waals surface area contributed by atoms with Crippen molar-refractivity contribution >= 4 is 5.97 Å². The number of aryl methyl sites for hydroxylation is 1. The van der Waals surface area contributed by atoms with E-state index in [1.807, 2.05) is 13.0 Å². The van der Waals surface area contributed by atoms with Gasteiger partial charge in [0.1, 0.15) is 0 Å². The third-order valence-electron chi connectivity index (χ3n) is 2.53. The molecule has 1 rings (SSSR count). The molecule has 0 aliphatic rings. The molecule has 0 aliphatic carbocycles. The van der Waals surface area contributed by atoms with E-state index in [0.29, 0.717) is 5.56 Å². The first kappa shape index (κ1) is 12.5. The van der Waals surface area contributed by atoms with Gasteiger partial charge in [0.25, 0.3) is 0 Å². The molecule has 0 aliphatic heterocycles. The fourth-order valence-electron chi connectivity index (χ4n) is 1.65. The number of hydrogen-bond acceptors (Lipinski definition) is 1. The van der Waals surface area contributed by atoms with Crippen molar-refractivity contribution in [3.05, 3.63) is 47.0 Å². The van der Waals surface area contributed by atoms with E-state index in [1.54, 1.807) is 12.1 Å². The molecule has 0 bridgehead atoms. The first-order valence-electron chi connectivity index (χ1n) is 5.56. The van der Waals surface area contributed by atoms with Gasteiger partial charge in [-0.15, -0.1) is 0 Å². The maximum absolute atomic E-state index is 10.9. The van der Waals surface area contributed by atoms with Gasteiger partial charge in [0.15, 0.2) is 0 Å². The van der Waals surface area contributed by atoms with E-state index in [4.69, 9.17) is 5.11 Å². The molecule has 2 heteroatoms. The summed E-state index contributed by atoms with van der Waals surface area (Å²) in [6, 6.07) is 5.49. The molecule has 0 radical (unpaired) electrons. The van der Waals surface area contributed by atoms with Gasteiger partial charge in [-0.05, 0) is 42.5 Å². The molecule has 0 spiro atoms. The number of carbonyl (C=O) groups is 1. The second-order valence-corrected chi connectivity index (χ2v) is 4.06. The predicted octanol–water partition coefficient (Wildman–Crippen LogP) is 3.76. The summed E-state index contributed by atoms with van der Waals surface area (Å²) in [7, 11) is 0. The largest absolute Gasteiger partial charge is 0.478 e. The van der Waals surface area contributed by atoms with Crippen molar-refractivity contribution in [2.24, 2.45) is 0 Å². The monoisotopic (exact) mass is 218 g/mol. The molecule has 0 saturated heterocycles. The number of rotatable bonds is 4. The molecule has 0 aromatic heterocycles. The first-order valence-corrected chi connectivity index (χ1v) is 5.56. The Morgan fingerprint density at radius 2 is 2.12 bits per heavy atom. The molecule has 1 unspecified atom stereocenters. The fourth-order valence-corrected chi connectivity index (χ4v) is 1.65. The average Bonchev–Trinajstić information content (AvgIpc) is 2.24. The van der Waals surface area contributed by atoms with Crippen LogP contribution in [0.3, 0.4) is 0 Å². The van der Waals surface area contributed by atoms with Crippen molar-refractivity contribution in [3.8, 4) is 0 Å². The Labute approximate surface area is 96.6 Å². The number of allylic oxidation sites excluding steroid dienone is 2. The highest BCUT2D eigenvalue weighted by Gasteiger charge is 2.08. The van der Waals surface area contributed by atoms with Crippen molar-refractivity contribution in [1.82, 2.24) is 0 Å². The summed E-state index contributed by atoms with van der Waals surface area (Å²) in [5, 5.41) is 8.97. The van der Waals surface area contributed by atoms with Crippen molar-refractivity contribution in [2.75, 3.05) is 0 Å². The quantitative estimate of drug-likeness (QED) is 0.781. The molecule has 16 heavy (non-hydrogen) atoms. The number of carboxylic acid groups (broad SMARTS) is 1. The molecule has 1 aromatic rings. The van der Waals surface area contributed by atoms with E-state index in [9.17, 15) is 4.79 Å². The lowest BCUT2D eigenvalue weighted by molar-refractivity contribution is 0.0696. The van der Waals surface area contributed by atoms with Crippen LogP contribution in [0.25, 0.3) is 0 Å². The smallest absolute Gasteiger partial charge is 0.335 e. The third kappa shape index (κ3) is 3.23. The number of carboxylic acids is 1. The number of hydrogen-bond donors (Lipinski definition) is 1. The molecule has 0 heterocycles. The Bertz CT molecular complexity index is 405. The molecular formula is C14H18O2. The van der Waals surface area contributed by atoms with Crippen LogP contribution < -0.4 is 0 Å². The van der Waals surface area contributed by atoms with Gasteiger partial charge in [0, 0.05) is 0 Å². The highest BCUT2D eigenvalue weighted by atomic mass is 16.4. The topological polar surface area (TPSA) is 37.3 Å². The molecule has 1 N–H and O–H groups in total. The standard InChI is InChI=1S/C14H18O2/c1-4-5-6-11(3)12-7-10(2)8-13(9-12)14(15)16/h5-9,11H,4H2,1-3H3,(H,15,16)/b6-5-. The van der Waals surface area contributed by atoms with E-state index in [1.165, 1.54) is 0 Å². The van der Waals surface area contributed by atoms with Gasteiger partial charge >= 0.3 is 5.97 Å².